The van der Waals surface area contributed by atoms with E-state index in [9.17, 15) is 27.5 Å². The van der Waals surface area contributed by atoms with Crippen molar-refractivity contribution in [3.8, 4) is 11.6 Å². The molecule has 4 rings (SSSR count). The second-order valence-electron chi connectivity index (χ2n) is 9.55. The fourth-order valence-electron chi connectivity index (χ4n) is 4.93. The van der Waals surface area contributed by atoms with Gasteiger partial charge in [-0.1, -0.05) is 13.8 Å². The highest BCUT2D eigenvalue weighted by Crippen LogP contribution is 2.37. The summed E-state index contributed by atoms with van der Waals surface area (Å²) in [5, 5.41) is 14.1. The van der Waals surface area contributed by atoms with Crippen molar-refractivity contribution < 1.29 is 36.9 Å². The van der Waals surface area contributed by atoms with Crippen molar-refractivity contribution in [1.82, 2.24) is 4.98 Å². The van der Waals surface area contributed by atoms with Crippen molar-refractivity contribution in [3.63, 3.8) is 0 Å². The van der Waals surface area contributed by atoms with Gasteiger partial charge in [-0.25, -0.2) is 9.37 Å². The zero-order valence-corrected chi connectivity index (χ0v) is 21.3. The van der Waals surface area contributed by atoms with E-state index in [1.807, 2.05) is 18.7 Å². The van der Waals surface area contributed by atoms with E-state index in [0.29, 0.717) is 49.1 Å². The topological polar surface area (TPSA) is 87.5 Å². The van der Waals surface area contributed by atoms with Gasteiger partial charge in [0.1, 0.15) is 17.6 Å². The Labute approximate surface area is 217 Å². The second kappa shape index (κ2) is 11.0. The molecule has 1 unspecified atom stereocenters. The third kappa shape index (κ3) is 5.94. The number of benzene rings is 1. The Kier molecular flexibility index (Phi) is 7.98. The van der Waals surface area contributed by atoms with Gasteiger partial charge in [-0.15, -0.1) is 0 Å². The summed E-state index contributed by atoms with van der Waals surface area (Å²) in [4.78, 5) is 17.2. The summed E-state index contributed by atoms with van der Waals surface area (Å²) in [5.74, 6) is -1.79. The average molecular weight is 539 g/mol. The SMILES string of the molecule is CCOc1cc(N2CCC(Oc3ccc(N4N=C(C(F)(F)F)[C@@H](C)[C@@H]4CC(=O)O)cc3)[C@H](C)C2)c(F)cn1. The first kappa shape index (κ1) is 27.5. The molecule has 1 aromatic carbocycles. The van der Waals surface area contributed by atoms with Crippen LogP contribution in [0.2, 0.25) is 0 Å². The van der Waals surface area contributed by atoms with Gasteiger partial charge in [0.05, 0.1) is 36.6 Å². The highest BCUT2D eigenvalue weighted by atomic mass is 19.4. The zero-order chi connectivity index (χ0) is 27.6. The molecule has 8 nitrogen and oxygen atoms in total. The maximum atomic E-state index is 14.4. The lowest BCUT2D eigenvalue weighted by Crippen LogP contribution is -2.44. The summed E-state index contributed by atoms with van der Waals surface area (Å²) >= 11 is 0. The number of ether oxygens (including phenoxy) is 2. The van der Waals surface area contributed by atoms with Crippen LogP contribution in [0.1, 0.15) is 33.6 Å². The van der Waals surface area contributed by atoms with E-state index in [1.165, 1.54) is 6.92 Å². The number of aromatic nitrogens is 1. The van der Waals surface area contributed by atoms with Crippen LogP contribution in [0.15, 0.2) is 41.6 Å². The van der Waals surface area contributed by atoms with Crippen LogP contribution in [-0.4, -0.2) is 59.8 Å². The Morgan fingerprint density at radius 3 is 2.53 bits per heavy atom. The number of nitrogens with zero attached hydrogens (tertiary/aromatic N) is 4. The number of carbonyl (C=O) groups is 1. The largest absolute Gasteiger partial charge is 0.490 e. The molecule has 4 atom stereocenters. The third-order valence-corrected chi connectivity index (χ3v) is 6.87. The van der Waals surface area contributed by atoms with E-state index in [0.717, 1.165) is 11.2 Å². The summed E-state index contributed by atoms with van der Waals surface area (Å²) < 4.78 is 66.3. The number of pyridine rings is 1. The minimum atomic E-state index is -4.65. The first-order valence-electron chi connectivity index (χ1n) is 12.4. The minimum Gasteiger partial charge on any atom is -0.490 e. The fourth-order valence-corrected chi connectivity index (χ4v) is 4.93. The molecule has 38 heavy (non-hydrogen) atoms. The summed E-state index contributed by atoms with van der Waals surface area (Å²) in [5.41, 5.74) is -0.229. The van der Waals surface area contributed by atoms with Crippen LogP contribution in [0.5, 0.6) is 11.6 Å². The molecule has 0 aliphatic carbocycles. The first-order valence-corrected chi connectivity index (χ1v) is 12.4. The molecule has 206 valence electrons. The summed E-state index contributed by atoms with van der Waals surface area (Å²) in [6.07, 6.45) is -3.52. The van der Waals surface area contributed by atoms with Crippen LogP contribution in [0.3, 0.4) is 0 Å². The van der Waals surface area contributed by atoms with Crippen molar-refractivity contribution >= 4 is 23.1 Å². The lowest BCUT2D eigenvalue weighted by Gasteiger charge is -2.38. The number of rotatable bonds is 8. The second-order valence-corrected chi connectivity index (χ2v) is 9.55. The van der Waals surface area contributed by atoms with Gasteiger partial charge in [0.25, 0.3) is 0 Å². The number of hydrazone groups is 1. The predicted octanol–water partition coefficient (Wildman–Crippen LogP) is 5.13. The number of hydrogen-bond acceptors (Lipinski definition) is 7. The number of anilines is 2. The predicted molar refractivity (Wildman–Crippen MR) is 133 cm³/mol. The fraction of sp³-hybridized carbons (Fsp3) is 0.500. The molecule has 0 radical (unpaired) electrons. The van der Waals surface area contributed by atoms with Crippen molar-refractivity contribution in [3.05, 3.63) is 42.3 Å². The van der Waals surface area contributed by atoms with Crippen LogP contribution in [0, 0.1) is 17.7 Å². The van der Waals surface area contributed by atoms with E-state index in [4.69, 9.17) is 9.47 Å². The molecule has 0 amide bonds. The smallest absolute Gasteiger partial charge is 0.431 e. The van der Waals surface area contributed by atoms with E-state index in [2.05, 4.69) is 10.1 Å². The zero-order valence-electron chi connectivity index (χ0n) is 21.3. The Bertz CT molecular complexity index is 1170. The monoisotopic (exact) mass is 538 g/mol. The molecule has 1 saturated heterocycles. The normalized spacial score (nSPS) is 23.8. The molecule has 2 aliphatic rings. The van der Waals surface area contributed by atoms with Crippen LogP contribution >= 0.6 is 0 Å². The Balaban J connectivity index is 1.43. The molecule has 1 N–H and O–H groups in total. The molecule has 0 saturated carbocycles. The van der Waals surface area contributed by atoms with Crippen molar-refractivity contribution in [2.75, 3.05) is 29.6 Å². The maximum Gasteiger partial charge on any atom is 0.431 e. The first-order chi connectivity index (χ1) is 18.0. The molecule has 2 aromatic rings. The van der Waals surface area contributed by atoms with E-state index < -0.39 is 42.1 Å². The Hall–Kier alpha value is -3.57. The number of halogens is 4. The summed E-state index contributed by atoms with van der Waals surface area (Å²) in [6.45, 7) is 6.69. The van der Waals surface area contributed by atoms with Gasteiger partial charge in [-0.3, -0.25) is 9.80 Å². The summed E-state index contributed by atoms with van der Waals surface area (Å²) in [7, 11) is 0. The van der Waals surface area contributed by atoms with Crippen LogP contribution in [0.25, 0.3) is 0 Å². The number of carboxylic acid groups (broad SMARTS) is 1. The van der Waals surface area contributed by atoms with Crippen molar-refractivity contribution in [1.29, 1.82) is 0 Å². The number of piperidine rings is 1. The Morgan fingerprint density at radius 2 is 1.92 bits per heavy atom. The van der Waals surface area contributed by atoms with Gasteiger partial charge in [0, 0.05) is 37.4 Å². The summed E-state index contributed by atoms with van der Waals surface area (Å²) in [6, 6.07) is 7.04. The average Bonchev–Trinajstić information content (AvgIpc) is 3.18. The highest BCUT2D eigenvalue weighted by Gasteiger charge is 2.48. The van der Waals surface area contributed by atoms with E-state index in [1.54, 1.807) is 30.3 Å². The molecular formula is C26H30F4N4O4. The molecule has 0 spiro atoms. The lowest BCUT2D eigenvalue weighted by molar-refractivity contribution is -0.137. The molecule has 3 heterocycles. The molecule has 12 heteroatoms. The number of hydrogen-bond donors (Lipinski definition) is 1. The highest BCUT2D eigenvalue weighted by molar-refractivity contribution is 5.95. The number of alkyl halides is 3. The molecule has 2 aliphatic heterocycles. The number of carboxylic acids is 1. The van der Waals surface area contributed by atoms with Crippen LogP contribution in [0.4, 0.5) is 28.9 Å². The standard InChI is InChI=1S/C26H30F4N4O4/c1-4-37-23-11-21(19(27)13-31-23)33-10-9-22(15(2)14-33)38-18-7-5-17(6-8-18)34-20(12-24(35)36)16(3)25(32-34)26(28,29)30/h5-8,11,13,15-16,20,22H,4,9-10,12,14H2,1-3H3,(H,35,36)/t15-,16+,20+,22?/m1/s1. The van der Waals surface area contributed by atoms with E-state index in [-0.39, 0.29) is 12.0 Å². The quantitative estimate of drug-likeness (QED) is 0.466. The van der Waals surface area contributed by atoms with Gasteiger partial charge in [-0.2, -0.15) is 18.3 Å². The molecule has 1 fully saturated rings. The maximum absolute atomic E-state index is 14.4. The van der Waals surface area contributed by atoms with Gasteiger partial charge in [0.2, 0.25) is 5.88 Å². The lowest BCUT2D eigenvalue weighted by atomic mass is 9.94. The van der Waals surface area contributed by atoms with Gasteiger partial charge in [0.15, 0.2) is 5.82 Å². The molecular weight excluding hydrogens is 508 g/mol. The third-order valence-electron chi connectivity index (χ3n) is 6.87. The Morgan fingerprint density at radius 1 is 1.21 bits per heavy atom. The van der Waals surface area contributed by atoms with Gasteiger partial charge >= 0.3 is 12.1 Å². The van der Waals surface area contributed by atoms with Crippen LogP contribution in [-0.2, 0) is 4.79 Å². The minimum absolute atomic E-state index is 0.0462. The molecule has 0 bridgehead atoms. The van der Waals surface area contributed by atoms with Gasteiger partial charge in [-0.05, 0) is 31.2 Å². The van der Waals surface area contributed by atoms with E-state index >= 15 is 0 Å². The van der Waals surface area contributed by atoms with Crippen molar-refractivity contribution in [2.24, 2.45) is 16.9 Å². The van der Waals surface area contributed by atoms with Crippen molar-refractivity contribution in [2.45, 2.75) is 51.9 Å². The number of aliphatic carboxylic acids is 1. The van der Waals surface area contributed by atoms with Gasteiger partial charge < -0.3 is 19.5 Å². The molecule has 1 aromatic heterocycles. The van der Waals surface area contributed by atoms with Crippen LogP contribution < -0.4 is 19.4 Å².